The number of hydrogen-bond donors (Lipinski definition) is 1. The van der Waals surface area contributed by atoms with E-state index < -0.39 is 30.3 Å². The number of carbonyl (C=O) groups excluding carboxylic acids is 4. The molecule has 0 aromatic heterocycles. The average Bonchev–Trinajstić information content (AvgIpc) is 2.95. The molecule has 3 rings (SSSR count). The molecular formula is C21H20N2O6. The van der Waals surface area contributed by atoms with E-state index in [0.717, 1.165) is 10.5 Å². The van der Waals surface area contributed by atoms with E-state index in [1.807, 2.05) is 13.0 Å². The van der Waals surface area contributed by atoms with Crippen LogP contribution in [0.2, 0.25) is 0 Å². The number of rotatable bonds is 7. The van der Waals surface area contributed by atoms with Crippen molar-refractivity contribution in [2.75, 3.05) is 25.6 Å². The SMILES string of the molecule is COc1ccc(C)cc1NC(=O)COC(=O)CCN1C(=O)c2ccccc2C1=O. The number of amides is 3. The molecule has 0 saturated heterocycles. The first-order chi connectivity index (χ1) is 13.9. The summed E-state index contributed by atoms with van der Waals surface area (Å²) in [7, 11) is 1.49. The van der Waals surface area contributed by atoms with Crippen molar-refractivity contribution in [2.45, 2.75) is 13.3 Å². The van der Waals surface area contributed by atoms with Gasteiger partial charge in [0.05, 0.1) is 30.3 Å². The number of carbonyl (C=O) groups is 4. The summed E-state index contributed by atoms with van der Waals surface area (Å²) >= 11 is 0. The third kappa shape index (κ3) is 4.43. The van der Waals surface area contributed by atoms with Crippen LogP contribution in [0.15, 0.2) is 42.5 Å². The van der Waals surface area contributed by atoms with Crippen molar-refractivity contribution in [2.24, 2.45) is 0 Å². The lowest BCUT2D eigenvalue weighted by Crippen LogP contribution is -2.32. The topological polar surface area (TPSA) is 102 Å². The quantitative estimate of drug-likeness (QED) is 0.568. The molecule has 0 radical (unpaired) electrons. The second-order valence-corrected chi connectivity index (χ2v) is 6.47. The second-order valence-electron chi connectivity index (χ2n) is 6.47. The highest BCUT2D eigenvalue weighted by atomic mass is 16.5. The molecule has 1 aliphatic heterocycles. The normalized spacial score (nSPS) is 12.6. The Morgan fingerprint density at radius 3 is 2.31 bits per heavy atom. The molecule has 0 bridgehead atoms. The van der Waals surface area contributed by atoms with E-state index >= 15 is 0 Å². The van der Waals surface area contributed by atoms with Gasteiger partial charge in [-0.15, -0.1) is 0 Å². The molecule has 1 N–H and O–H groups in total. The van der Waals surface area contributed by atoms with Gasteiger partial charge in [-0.05, 0) is 36.8 Å². The molecule has 8 nitrogen and oxygen atoms in total. The molecule has 150 valence electrons. The zero-order valence-electron chi connectivity index (χ0n) is 16.1. The standard InChI is InChI=1S/C21H20N2O6/c1-13-7-8-17(28-2)16(11-13)22-18(24)12-29-19(25)9-10-23-20(26)14-5-3-4-6-15(14)21(23)27/h3-8,11H,9-10,12H2,1-2H3,(H,22,24). The van der Waals surface area contributed by atoms with Crippen molar-refractivity contribution in [3.05, 3.63) is 59.2 Å². The minimum atomic E-state index is -0.687. The summed E-state index contributed by atoms with van der Waals surface area (Å²) in [4.78, 5) is 49.5. The molecule has 0 atom stereocenters. The van der Waals surface area contributed by atoms with E-state index in [4.69, 9.17) is 9.47 Å². The molecule has 2 aromatic carbocycles. The molecule has 0 aliphatic carbocycles. The van der Waals surface area contributed by atoms with E-state index in [0.29, 0.717) is 22.6 Å². The van der Waals surface area contributed by atoms with Crippen molar-refractivity contribution in [3.8, 4) is 5.75 Å². The molecule has 0 fully saturated rings. The Morgan fingerprint density at radius 2 is 1.69 bits per heavy atom. The Morgan fingerprint density at radius 1 is 1.03 bits per heavy atom. The summed E-state index contributed by atoms with van der Waals surface area (Å²) in [6.45, 7) is 1.27. The van der Waals surface area contributed by atoms with Crippen LogP contribution in [0.4, 0.5) is 5.69 Å². The van der Waals surface area contributed by atoms with Crippen molar-refractivity contribution in [3.63, 3.8) is 0 Å². The van der Waals surface area contributed by atoms with E-state index in [1.54, 1.807) is 36.4 Å². The highest BCUT2D eigenvalue weighted by Crippen LogP contribution is 2.25. The number of nitrogens with zero attached hydrogens (tertiary/aromatic N) is 1. The van der Waals surface area contributed by atoms with Crippen LogP contribution in [-0.2, 0) is 14.3 Å². The Labute approximate surface area is 167 Å². The lowest BCUT2D eigenvalue weighted by Gasteiger charge is -2.13. The molecule has 0 unspecified atom stereocenters. The lowest BCUT2D eigenvalue weighted by molar-refractivity contribution is -0.147. The lowest BCUT2D eigenvalue weighted by atomic mass is 10.1. The number of imide groups is 1. The fourth-order valence-corrected chi connectivity index (χ4v) is 2.97. The largest absolute Gasteiger partial charge is 0.495 e. The summed E-state index contributed by atoms with van der Waals surface area (Å²) < 4.78 is 10.1. The first-order valence-corrected chi connectivity index (χ1v) is 8.96. The molecule has 3 amide bonds. The zero-order chi connectivity index (χ0) is 21.0. The van der Waals surface area contributed by atoms with Gasteiger partial charge < -0.3 is 14.8 Å². The highest BCUT2D eigenvalue weighted by molar-refractivity contribution is 6.21. The van der Waals surface area contributed by atoms with Crippen LogP contribution in [0.5, 0.6) is 5.75 Å². The van der Waals surface area contributed by atoms with E-state index in [-0.39, 0.29) is 13.0 Å². The van der Waals surface area contributed by atoms with Gasteiger partial charge in [-0.2, -0.15) is 0 Å². The number of benzene rings is 2. The van der Waals surface area contributed by atoms with Gasteiger partial charge in [-0.3, -0.25) is 24.1 Å². The van der Waals surface area contributed by atoms with Gasteiger partial charge in [0, 0.05) is 6.54 Å². The Bertz CT molecular complexity index is 950. The molecule has 2 aromatic rings. The Kier molecular flexibility index (Phi) is 5.92. The number of esters is 1. The minimum absolute atomic E-state index is 0.113. The van der Waals surface area contributed by atoms with Gasteiger partial charge in [0.15, 0.2) is 6.61 Å². The third-order valence-electron chi connectivity index (χ3n) is 4.41. The number of aryl methyl sites for hydroxylation is 1. The zero-order valence-corrected chi connectivity index (χ0v) is 16.1. The molecular weight excluding hydrogens is 376 g/mol. The maximum absolute atomic E-state index is 12.3. The van der Waals surface area contributed by atoms with Crippen molar-refractivity contribution in [1.82, 2.24) is 4.90 Å². The van der Waals surface area contributed by atoms with Gasteiger partial charge in [0.1, 0.15) is 5.75 Å². The molecule has 8 heteroatoms. The van der Waals surface area contributed by atoms with E-state index in [1.165, 1.54) is 7.11 Å². The van der Waals surface area contributed by atoms with Crippen molar-refractivity contribution in [1.29, 1.82) is 0 Å². The van der Waals surface area contributed by atoms with Crippen LogP contribution < -0.4 is 10.1 Å². The highest BCUT2D eigenvalue weighted by Gasteiger charge is 2.35. The number of anilines is 1. The van der Waals surface area contributed by atoms with Crippen LogP contribution in [0.1, 0.15) is 32.7 Å². The third-order valence-corrected chi connectivity index (χ3v) is 4.41. The van der Waals surface area contributed by atoms with Gasteiger partial charge in [0.25, 0.3) is 17.7 Å². The maximum atomic E-state index is 12.3. The summed E-state index contributed by atoms with van der Waals surface area (Å²) in [6.07, 6.45) is -0.202. The van der Waals surface area contributed by atoms with Crippen LogP contribution in [0.25, 0.3) is 0 Å². The Balaban J connectivity index is 1.48. The van der Waals surface area contributed by atoms with Crippen LogP contribution in [0, 0.1) is 6.92 Å². The van der Waals surface area contributed by atoms with Gasteiger partial charge in [-0.25, -0.2) is 0 Å². The van der Waals surface area contributed by atoms with Gasteiger partial charge in [0.2, 0.25) is 0 Å². The number of ether oxygens (including phenoxy) is 2. The number of hydrogen-bond acceptors (Lipinski definition) is 6. The summed E-state index contributed by atoms with van der Waals surface area (Å²) in [5.74, 6) is -1.61. The van der Waals surface area contributed by atoms with Gasteiger partial charge in [-0.1, -0.05) is 18.2 Å². The van der Waals surface area contributed by atoms with E-state index in [2.05, 4.69) is 5.32 Å². The fourth-order valence-electron chi connectivity index (χ4n) is 2.97. The second kappa shape index (κ2) is 8.55. The molecule has 1 aliphatic rings. The number of methoxy groups -OCH3 is 1. The Hall–Kier alpha value is -3.68. The van der Waals surface area contributed by atoms with Crippen LogP contribution in [-0.4, -0.2) is 48.9 Å². The van der Waals surface area contributed by atoms with Gasteiger partial charge >= 0.3 is 5.97 Å². The fraction of sp³-hybridized carbons (Fsp3) is 0.238. The number of nitrogens with one attached hydrogen (secondary N) is 1. The monoisotopic (exact) mass is 396 g/mol. The average molecular weight is 396 g/mol. The summed E-state index contributed by atoms with van der Waals surface area (Å²) in [5.41, 5.74) is 2.04. The summed E-state index contributed by atoms with van der Waals surface area (Å²) in [6, 6.07) is 11.8. The first-order valence-electron chi connectivity index (χ1n) is 8.96. The van der Waals surface area contributed by atoms with E-state index in [9.17, 15) is 19.2 Å². The molecule has 0 spiro atoms. The van der Waals surface area contributed by atoms with Crippen LogP contribution >= 0.6 is 0 Å². The van der Waals surface area contributed by atoms with Crippen LogP contribution in [0.3, 0.4) is 0 Å². The smallest absolute Gasteiger partial charge is 0.308 e. The molecule has 0 saturated carbocycles. The predicted octanol–water partition coefficient (Wildman–Crippen LogP) is 2.17. The number of fused-ring (bicyclic) bond motifs is 1. The maximum Gasteiger partial charge on any atom is 0.308 e. The predicted molar refractivity (Wildman–Crippen MR) is 104 cm³/mol. The summed E-state index contributed by atoms with van der Waals surface area (Å²) in [5, 5.41) is 2.62. The molecule has 29 heavy (non-hydrogen) atoms. The molecule has 1 heterocycles. The minimum Gasteiger partial charge on any atom is -0.495 e. The van der Waals surface area contributed by atoms with Crippen molar-refractivity contribution < 1.29 is 28.7 Å². The first kappa shape index (κ1) is 20.1. The van der Waals surface area contributed by atoms with Crippen molar-refractivity contribution >= 4 is 29.4 Å².